The third-order valence-corrected chi connectivity index (χ3v) is 4.35. The van der Waals surface area contributed by atoms with Crippen LogP contribution in [0.25, 0.3) is 0 Å². The van der Waals surface area contributed by atoms with Crippen LogP contribution in [0.3, 0.4) is 0 Å². The van der Waals surface area contributed by atoms with E-state index >= 15 is 0 Å². The van der Waals surface area contributed by atoms with Crippen LogP contribution in [-0.2, 0) is 10.2 Å². The summed E-state index contributed by atoms with van der Waals surface area (Å²) in [6.07, 6.45) is 2.61. The van der Waals surface area contributed by atoms with Crippen molar-refractivity contribution in [1.29, 1.82) is 0 Å². The molecule has 1 aliphatic rings. The van der Waals surface area contributed by atoms with E-state index in [1.165, 1.54) is 4.31 Å². The summed E-state index contributed by atoms with van der Waals surface area (Å²) in [5.74, 6) is 0. The molecule has 1 aliphatic heterocycles. The molecule has 0 atom stereocenters. The molecule has 5 nitrogen and oxygen atoms in total. The normalized spacial score (nSPS) is 19.4. The predicted octanol–water partition coefficient (Wildman–Crippen LogP) is 0.336. The van der Waals surface area contributed by atoms with E-state index in [0.29, 0.717) is 25.7 Å². The first kappa shape index (κ1) is 16.1. The van der Waals surface area contributed by atoms with E-state index in [1.54, 1.807) is 0 Å². The molecule has 1 heterocycles. The molecule has 0 bridgehead atoms. The Bertz CT molecular complexity index is 276. The molecule has 98 valence electrons. The third-order valence-electron chi connectivity index (χ3n) is 2.74. The number of rotatable bonds is 5. The maximum absolute atomic E-state index is 11.7. The van der Waals surface area contributed by atoms with Crippen LogP contribution in [-0.4, -0.2) is 45.4 Å². The molecule has 2 N–H and O–H groups in total. The third kappa shape index (κ3) is 4.55. The standard InChI is InChI=1S/C9H21N3O2S.ClH/c1-3-6-11-15(13,14)12-7-4-9(10-2)5-8-12;/h9-11H,3-8H2,1-2H3;1H. The minimum atomic E-state index is -3.22. The first-order chi connectivity index (χ1) is 7.10. The van der Waals surface area contributed by atoms with Crippen LogP contribution in [0.5, 0.6) is 0 Å². The second-order valence-corrected chi connectivity index (χ2v) is 5.62. The summed E-state index contributed by atoms with van der Waals surface area (Å²) >= 11 is 0. The monoisotopic (exact) mass is 271 g/mol. The fraction of sp³-hybridized carbons (Fsp3) is 1.00. The highest BCUT2D eigenvalue weighted by Gasteiger charge is 2.26. The Balaban J connectivity index is 0.00000225. The summed E-state index contributed by atoms with van der Waals surface area (Å²) in [6.45, 7) is 3.71. The molecule has 0 saturated carbocycles. The summed E-state index contributed by atoms with van der Waals surface area (Å²) < 4.78 is 27.6. The van der Waals surface area contributed by atoms with Crippen LogP contribution in [0.1, 0.15) is 26.2 Å². The number of hydrogen-bond acceptors (Lipinski definition) is 3. The lowest BCUT2D eigenvalue weighted by molar-refractivity contribution is 0.295. The highest BCUT2D eigenvalue weighted by atomic mass is 35.5. The van der Waals surface area contributed by atoms with Crippen molar-refractivity contribution in [2.45, 2.75) is 32.2 Å². The second-order valence-electron chi connectivity index (χ2n) is 3.86. The molecule has 0 aromatic rings. The molecule has 1 saturated heterocycles. The van der Waals surface area contributed by atoms with Gasteiger partial charge in [-0.25, -0.2) is 4.72 Å². The van der Waals surface area contributed by atoms with Gasteiger partial charge in [0.1, 0.15) is 0 Å². The minimum absolute atomic E-state index is 0. The van der Waals surface area contributed by atoms with Gasteiger partial charge >= 0.3 is 0 Å². The van der Waals surface area contributed by atoms with Crippen LogP contribution >= 0.6 is 12.4 Å². The molecular formula is C9H22ClN3O2S. The Kier molecular flexibility index (Phi) is 7.50. The number of hydrogen-bond donors (Lipinski definition) is 2. The lowest BCUT2D eigenvalue weighted by atomic mass is 10.1. The van der Waals surface area contributed by atoms with Gasteiger partial charge in [0.05, 0.1) is 0 Å². The van der Waals surface area contributed by atoms with Crippen molar-refractivity contribution in [3.05, 3.63) is 0 Å². The van der Waals surface area contributed by atoms with Gasteiger partial charge in [-0.3, -0.25) is 0 Å². The van der Waals surface area contributed by atoms with Gasteiger partial charge in [0.25, 0.3) is 10.2 Å². The van der Waals surface area contributed by atoms with Gasteiger partial charge in [-0.1, -0.05) is 6.92 Å². The largest absolute Gasteiger partial charge is 0.317 e. The molecule has 0 aromatic carbocycles. The van der Waals surface area contributed by atoms with Gasteiger partial charge in [-0.05, 0) is 26.3 Å². The fourth-order valence-corrected chi connectivity index (χ4v) is 3.04. The number of halogens is 1. The van der Waals surface area contributed by atoms with E-state index in [9.17, 15) is 8.42 Å². The van der Waals surface area contributed by atoms with E-state index in [0.717, 1.165) is 19.3 Å². The Morgan fingerprint density at radius 3 is 2.31 bits per heavy atom. The molecule has 0 aliphatic carbocycles. The maximum atomic E-state index is 11.7. The molecule has 0 unspecified atom stereocenters. The maximum Gasteiger partial charge on any atom is 0.279 e. The molecule has 0 amide bonds. The molecule has 0 spiro atoms. The zero-order chi connectivity index (χ0) is 11.3. The zero-order valence-electron chi connectivity index (χ0n) is 9.90. The van der Waals surface area contributed by atoms with Crippen molar-refractivity contribution in [3.8, 4) is 0 Å². The molecule has 16 heavy (non-hydrogen) atoms. The van der Waals surface area contributed by atoms with E-state index < -0.39 is 10.2 Å². The van der Waals surface area contributed by atoms with Crippen molar-refractivity contribution < 1.29 is 8.42 Å². The average molecular weight is 272 g/mol. The van der Waals surface area contributed by atoms with Crippen molar-refractivity contribution in [3.63, 3.8) is 0 Å². The topological polar surface area (TPSA) is 61.4 Å². The van der Waals surface area contributed by atoms with Crippen LogP contribution in [0.4, 0.5) is 0 Å². The SMILES string of the molecule is CCCNS(=O)(=O)N1CCC(NC)CC1.Cl. The Hall–Kier alpha value is 0.120. The lowest BCUT2D eigenvalue weighted by Crippen LogP contribution is -2.48. The van der Waals surface area contributed by atoms with Crippen LogP contribution in [0.2, 0.25) is 0 Å². The quantitative estimate of drug-likeness (QED) is 0.758. The first-order valence-corrected chi connectivity index (χ1v) is 6.96. The molecule has 0 radical (unpaired) electrons. The summed E-state index contributed by atoms with van der Waals surface area (Å²) in [7, 11) is -1.30. The molecule has 1 rings (SSSR count). The van der Waals surface area contributed by atoms with E-state index in [1.807, 2.05) is 14.0 Å². The first-order valence-electron chi connectivity index (χ1n) is 5.52. The van der Waals surface area contributed by atoms with Gasteiger partial charge in [-0.15, -0.1) is 12.4 Å². The van der Waals surface area contributed by atoms with Gasteiger partial charge in [0.2, 0.25) is 0 Å². The highest BCUT2D eigenvalue weighted by Crippen LogP contribution is 2.12. The number of piperidine rings is 1. The molecule has 7 heteroatoms. The van der Waals surface area contributed by atoms with E-state index in [2.05, 4.69) is 10.0 Å². The highest BCUT2D eigenvalue weighted by molar-refractivity contribution is 7.87. The summed E-state index contributed by atoms with van der Waals surface area (Å²) in [4.78, 5) is 0. The summed E-state index contributed by atoms with van der Waals surface area (Å²) in [5.41, 5.74) is 0. The molecular weight excluding hydrogens is 250 g/mol. The second kappa shape index (κ2) is 7.45. The average Bonchev–Trinajstić information content (AvgIpc) is 2.26. The zero-order valence-corrected chi connectivity index (χ0v) is 11.5. The number of nitrogens with one attached hydrogen (secondary N) is 2. The van der Waals surface area contributed by atoms with Gasteiger partial charge in [0, 0.05) is 25.7 Å². The predicted molar refractivity (Wildman–Crippen MR) is 68.1 cm³/mol. The molecule has 0 aromatic heterocycles. The van der Waals surface area contributed by atoms with Crippen LogP contribution < -0.4 is 10.0 Å². The van der Waals surface area contributed by atoms with E-state index in [4.69, 9.17) is 0 Å². The van der Waals surface area contributed by atoms with Gasteiger partial charge < -0.3 is 5.32 Å². The Labute approximate surface area is 105 Å². The lowest BCUT2D eigenvalue weighted by Gasteiger charge is -2.30. The fourth-order valence-electron chi connectivity index (χ4n) is 1.71. The van der Waals surface area contributed by atoms with Crippen molar-refractivity contribution in [1.82, 2.24) is 14.3 Å². The van der Waals surface area contributed by atoms with Crippen molar-refractivity contribution >= 4 is 22.6 Å². The van der Waals surface area contributed by atoms with Crippen LogP contribution in [0.15, 0.2) is 0 Å². The Morgan fingerprint density at radius 1 is 1.31 bits per heavy atom. The van der Waals surface area contributed by atoms with Crippen LogP contribution in [0, 0.1) is 0 Å². The van der Waals surface area contributed by atoms with Gasteiger partial charge in [-0.2, -0.15) is 12.7 Å². The summed E-state index contributed by atoms with van der Waals surface area (Å²) in [5, 5.41) is 3.18. The smallest absolute Gasteiger partial charge is 0.279 e. The van der Waals surface area contributed by atoms with Gasteiger partial charge in [0.15, 0.2) is 0 Å². The van der Waals surface area contributed by atoms with E-state index in [-0.39, 0.29) is 12.4 Å². The summed E-state index contributed by atoms with van der Waals surface area (Å²) in [6, 6.07) is 0.461. The number of nitrogens with zero attached hydrogens (tertiary/aromatic N) is 1. The minimum Gasteiger partial charge on any atom is -0.317 e. The Morgan fingerprint density at radius 2 is 1.88 bits per heavy atom. The molecule has 1 fully saturated rings. The van der Waals surface area contributed by atoms with Crippen molar-refractivity contribution in [2.75, 3.05) is 26.7 Å². The van der Waals surface area contributed by atoms with Crippen molar-refractivity contribution in [2.24, 2.45) is 0 Å².